The summed E-state index contributed by atoms with van der Waals surface area (Å²) in [5.41, 5.74) is 0.465. The number of halogens is 5. The fourth-order valence-corrected chi connectivity index (χ4v) is 4.21. The van der Waals surface area contributed by atoms with Gasteiger partial charge < -0.3 is 10.4 Å². The molecule has 0 bridgehead atoms. The van der Waals surface area contributed by atoms with Crippen LogP contribution in [0, 0.1) is 0 Å². The van der Waals surface area contributed by atoms with Gasteiger partial charge in [-0.25, -0.2) is 0 Å². The minimum atomic E-state index is -4.56. The van der Waals surface area contributed by atoms with Crippen LogP contribution in [0.15, 0.2) is 42.5 Å². The van der Waals surface area contributed by atoms with Gasteiger partial charge in [0.25, 0.3) is 0 Å². The summed E-state index contributed by atoms with van der Waals surface area (Å²) >= 11 is 12.0. The molecule has 9 heteroatoms. The zero-order chi connectivity index (χ0) is 22.8. The molecular formula is C22H20Cl2F3NO3. The van der Waals surface area contributed by atoms with Crippen LogP contribution in [0.5, 0.6) is 0 Å². The lowest BCUT2D eigenvalue weighted by atomic mass is 9.62. The van der Waals surface area contributed by atoms with Gasteiger partial charge in [-0.1, -0.05) is 47.8 Å². The van der Waals surface area contributed by atoms with Crippen molar-refractivity contribution in [3.8, 4) is 0 Å². The van der Waals surface area contributed by atoms with Crippen molar-refractivity contribution in [2.24, 2.45) is 0 Å². The minimum absolute atomic E-state index is 0.0660. The number of benzene rings is 2. The van der Waals surface area contributed by atoms with Crippen molar-refractivity contribution in [1.82, 2.24) is 0 Å². The summed E-state index contributed by atoms with van der Waals surface area (Å²) in [6.45, 7) is 0. The molecule has 0 radical (unpaired) electrons. The molecule has 4 nitrogen and oxygen atoms in total. The highest BCUT2D eigenvalue weighted by atomic mass is 35.5. The summed E-state index contributed by atoms with van der Waals surface area (Å²) in [5.74, 6) is -3.29. The molecular weight excluding hydrogens is 454 g/mol. The molecule has 1 aliphatic carbocycles. The molecule has 0 saturated heterocycles. The second-order valence-electron chi connectivity index (χ2n) is 7.81. The van der Waals surface area contributed by atoms with Crippen molar-refractivity contribution in [3.05, 3.63) is 63.6 Å². The third kappa shape index (κ3) is 5.71. The highest BCUT2D eigenvalue weighted by Crippen LogP contribution is 2.47. The lowest BCUT2D eigenvalue weighted by molar-refractivity contribution is -0.146. The normalized spacial score (nSPS) is 16.3. The maximum Gasteiger partial charge on any atom is 0.390 e. The van der Waals surface area contributed by atoms with Crippen LogP contribution in [0.2, 0.25) is 10.0 Å². The van der Waals surface area contributed by atoms with Crippen molar-refractivity contribution in [2.45, 2.75) is 49.6 Å². The van der Waals surface area contributed by atoms with Gasteiger partial charge in [-0.2, -0.15) is 13.2 Å². The maximum atomic E-state index is 13.2. The van der Waals surface area contributed by atoms with Crippen molar-refractivity contribution in [2.75, 3.05) is 5.32 Å². The molecule has 1 fully saturated rings. The number of rotatable bonds is 7. The van der Waals surface area contributed by atoms with Gasteiger partial charge in [0, 0.05) is 10.4 Å². The maximum absolute atomic E-state index is 13.2. The number of carbonyl (C=O) groups excluding carboxylic acids is 1. The number of hydrogen-bond donors (Lipinski definition) is 2. The Labute approximate surface area is 187 Å². The van der Waals surface area contributed by atoms with E-state index in [0.717, 1.165) is 6.42 Å². The minimum Gasteiger partial charge on any atom is -0.481 e. The van der Waals surface area contributed by atoms with E-state index in [4.69, 9.17) is 23.2 Å². The van der Waals surface area contributed by atoms with Gasteiger partial charge in [0.2, 0.25) is 5.91 Å². The number of carboxylic acids is 1. The van der Waals surface area contributed by atoms with E-state index in [2.05, 4.69) is 5.32 Å². The standard InChI is InChI=1S/C22H20Cl2F3NO3/c23-15-5-2-13(3-6-15)16(11-22(25,26)27)20(31)28-18-10-14(4-7-17(18)24)21(8-1-9-21)12-19(29)30/h2-7,10,16H,1,8-9,11-12H2,(H,28,31)(H,29,30). The number of carbonyl (C=O) groups is 2. The molecule has 1 unspecified atom stereocenters. The van der Waals surface area contributed by atoms with Crippen molar-refractivity contribution >= 4 is 40.8 Å². The SMILES string of the molecule is O=C(O)CC1(c2ccc(Cl)c(NC(=O)C(CC(F)(F)F)c3ccc(Cl)cc3)c2)CCC1. The average Bonchev–Trinajstić information content (AvgIpc) is 2.64. The number of carboxylic acid groups (broad SMARTS) is 1. The first-order valence-corrected chi connectivity index (χ1v) is 10.4. The number of anilines is 1. The number of alkyl halides is 3. The van der Waals surface area contributed by atoms with E-state index in [9.17, 15) is 27.9 Å². The molecule has 1 saturated carbocycles. The molecule has 2 aromatic carbocycles. The van der Waals surface area contributed by atoms with Crippen LogP contribution in [0.3, 0.4) is 0 Å². The van der Waals surface area contributed by atoms with Crippen LogP contribution in [0.4, 0.5) is 18.9 Å². The lowest BCUT2D eigenvalue weighted by Crippen LogP contribution is -2.36. The summed E-state index contributed by atoms with van der Waals surface area (Å²) in [7, 11) is 0. The summed E-state index contributed by atoms with van der Waals surface area (Å²) in [5, 5.41) is 12.3. The van der Waals surface area contributed by atoms with Gasteiger partial charge in [-0.05, 0) is 48.2 Å². The van der Waals surface area contributed by atoms with Crippen LogP contribution in [0.1, 0.15) is 49.1 Å². The smallest absolute Gasteiger partial charge is 0.390 e. The number of aliphatic carboxylic acids is 1. The first kappa shape index (κ1) is 23.4. The van der Waals surface area contributed by atoms with E-state index in [1.54, 1.807) is 12.1 Å². The third-order valence-electron chi connectivity index (χ3n) is 5.66. The van der Waals surface area contributed by atoms with Crippen LogP contribution in [-0.4, -0.2) is 23.2 Å². The monoisotopic (exact) mass is 473 g/mol. The molecule has 2 aromatic rings. The van der Waals surface area contributed by atoms with Gasteiger partial charge in [-0.3, -0.25) is 9.59 Å². The average molecular weight is 474 g/mol. The molecule has 1 atom stereocenters. The first-order chi connectivity index (χ1) is 14.5. The predicted octanol–water partition coefficient (Wildman–Crippen LogP) is 6.56. The van der Waals surface area contributed by atoms with Gasteiger partial charge in [0.1, 0.15) is 0 Å². The van der Waals surface area contributed by atoms with E-state index in [1.807, 2.05) is 0 Å². The fourth-order valence-electron chi connectivity index (χ4n) is 3.92. The van der Waals surface area contributed by atoms with Gasteiger partial charge >= 0.3 is 12.1 Å². The van der Waals surface area contributed by atoms with Crippen molar-refractivity contribution in [3.63, 3.8) is 0 Å². The zero-order valence-corrected chi connectivity index (χ0v) is 17.8. The Bertz CT molecular complexity index is 973. The third-order valence-corrected chi connectivity index (χ3v) is 6.24. The molecule has 1 amide bonds. The van der Waals surface area contributed by atoms with Gasteiger partial charge in [0.05, 0.1) is 29.5 Å². The molecule has 0 aromatic heterocycles. The van der Waals surface area contributed by atoms with Gasteiger partial charge in [-0.15, -0.1) is 0 Å². The van der Waals surface area contributed by atoms with Crippen molar-refractivity contribution in [1.29, 1.82) is 0 Å². The zero-order valence-electron chi connectivity index (χ0n) is 16.3. The fraction of sp³-hybridized carbons (Fsp3) is 0.364. The molecule has 2 N–H and O–H groups in total. The largest absolute Gasteiger partial charge is 0.481 e. The highest BCUT2D eigenvalue weighted by Gasteiger charge is 2.41. The Morgan fingerprint density at radius 1 is 1.10 bits per heavy atom. The van der Waals surface area contributed by atoms with E-state index >= 15 is 0 Å². The Balaban J connectivity index is 1.89. The molecule has 3 rings (SSSR count). The predicted molar refractivity (Wildman–Crippen MR) is 113 cm³/mol. The molecule has 0 spiro atoms. The number of nitrogens with one attached hydrogen (secondary N) is 1. The van der Waals surface area contributed by atoms with E-state index in [0.29, 0.717) is 23.4 Å². The Hall–Kier alpha value is -2.25. The summed E-state index contributed by atoms with van der Waals surface area (Å²) in [6, 6.07) is 10.4. The van der Waals surface area contributed by atoms with Crippen LogP contribution in [0.25, 0.3) is 0 Å². The molecule has 0 heterocycles. The lowest BCUT2D eigenvalue weighted by Gasteiger charge is -2.41. The summed E-state index contributed by atoms with van der Waals surface area (Å²) in [6.07, 6.45) is -3.75. The highest BCUT2D eigenvalue weighted by molar-refractivity contribution is 6.33. The summed E-state index contributed by atoms with van der Waals surface area (Å²) < 4.78 is 39.5. The van der Waals surface area contributed by atoms with Crippen molar-refractivity contribution < 1.29 is 27.9 Å². The van der Waals surface area contributed by atoms with Crippen LogP contribution >= 0.6 is 23.2 Å². The Morgan fingerprint density at radius 2 is 1.74 bits per heavy atom. The topological polar surface area (TPSA) is 66.4 Å². The van der Waals surface area contributed by atoms with Gasteiger partial charge in [0.15, 0.2) is 0 Å². The molecule has 0 aliphatic heterocycles. The molecule has 166 valence electrons. The molecule has 31 heavy (non-hydrogen) atoms. The molecule has 1 aliphatic rings. The van der Waals surface area contributed by atoms with E-state index < -0.39 is 35.8 Å². The number of hydrogen-bond acceptors (Lipinski definition) is 2. The Morgan fingerprint density at radius 3 is 2.26 bits per heavy atom. The second kappa shape index (κ2) is 9.09. The Kier molecular flexibility index (Phi) is 6.86. The van der Waals surface area contributed by atoms with E-state index in [1.165, 1.54) is 30.3 Å². The summed E-state index contributed by atoms with van der Waals surface area (Å²) in [4.78, 5) is 24.2. The second-order valence-corrected chi connectivity index (χ2v) is 8.66. The number of amides is 1. The van der Waals surface area contributed by atoms with Crippen LogP contribution < -0.4 is 5.32 Å². The van der Waals surface area contributed by atoms with Crippen LogP contribution in [-0.2, 0) is 15.0 Å². The quantitative estimate of drug-likeness (QED) is 0.478. The first-order valence-electron chi connectivity index (χ1n) is 9.64. The van der Waals surface area contributed by atoms with E-state index in [-0.39, 0.29) is 22.7 Å².